The van der Waals surface area contributed by atoms with Gasteiger partial charge in [0.05, 0.1) is 11.0 Å². The third kappa shape index (κ3) is 3.43. The summed E-state index contributed by atoms with van der Waals surface area (Å²) in [6, 6.07) is 43.5. The molecule has 0 fully saturated rings. The normalized spacial score (nSPS) is 13.4. The van der Waals surface area contributed by atoms with Gasteiger partial charge in [-0.1, -0.05) is 111 Å². The lowest BCUT2D eigenvalue weighted by Crippen LogP contribution is -2.15. The first-order valence-corrected chi connectivity index (χ1v) is 14.6. The van der Waals surface area contributed by atoms with Crippen molar-refractivity contribution < 1.29 is 0 Å². The summed E-state index contributed by atoms with van der Waals surface area (Å²) >= 11 is 0. The van der Waals surface area contributed by atoms with Gasteiger partial charge >= 0.3 is 0 Å². The molecule has 7 aromatic rings. The average Bonchev–Trinajstić information content (AvgIpc) is 3.50. The van der Waals surface area contributed by atoms with Crippen molar-refractivity contribution in [1.29, 1.82) is 5.41 Å². The van der Waals surface area contributed by atoms with E-state index < -0.39 is 0 Å². The molecule has 3 nitrogen and oxygen atoms in total. The Balaban J connectivity index is 1.47. The van der Waals surface area contributed by atoms with Crippen LogP contribution in [0.5, 0.6) is 0 Å². The van der Waals surface area contributed by atoms with Crippen molar-refractivity contribution in [3.8, 4) is 16.8 Å². The molecule has 1 aliphatic rings. The quantitative estimate of drug-likeness (QED) is 0.209. The highest BCUT2D eigenvalue weighted by Crippen LogP contribution is 2.56. The minimum absolute atomic E-state index is 0.108. The molecule has 0 aliphatic heterocycles. The summed E-state index contributed by atoms with van der Waals surface area (Å²) in [4.78, 5) is 0. The predicted molar refractivity (Wildman–Crippen MR) is 178 cm³/mol. The zero-order valence-electron chi connectivity index (χ0n) is 23.8. The first-order chi connectivity index (χ1) is 20.6. The minimum Gasteiger partial charge on any atom is -0.380 e. The summed E-state index contributed by atoms with van der Waals surface area (Å²) in [7, 11) is 0. The molecule has 8 rings (SSSR count). The highest BCUT2D eigenvalue weighted by Gasteiger charge is 2.39. The number of aromatic nitrogens is 1. The van der Waals surface area contributed by atoms with E-state index in [9.17, 15) is 0 Å². The Labute approximate surface area is 245 Å². The second-order valence-electron chi connectivity index (χ2n) is 11.8. The molecule has 0 amide bonds. The van der Waals surface area contributed by atoms with Gasteiger partial charge in [-0.05, 0) is 57.5 Å². The van der Waals surface area contributed by atoms with Crippen LogP contribution in [0, 0.1) is 5.41 Å². The summed E-state index contributed by atoms with van der Waals surface area (Å²) in [5.74, 6) is 0. The molecule has 1 heterocycles. The first-order valence-electron chi connectivity index (χ1n) is 14.6. The van der Waals surface area contributed by atoms with E-state index in [1.54, 1.807) is 0 Å². The molecule has 6 aromatic carbocycles. The van der Waals surface area contributed by atoms with Crippen LogP contribution in [-0.4, -0.2) is 10.8 Å². The number of hydrogen-bond acceptors (Lipinski definition) is 2. The number of fused-ring (bicyclic) bond motifs is 10. The van der Waals surface area contributed by atoms with E-state index in [1.807, 2.05) is 6.07 Å². The van der Waals surface area contributed by atoms with Crippen LogP contribution in [0.25, 0.3) is 49.4 Å². The molecule has 0 saturated carbocycles. The van der Waals surface area contributed by atoms with Gasteiger partial charge in [0.15, 0.2) is 0 Å². The van der Waals surface area contributed by atoms with Crippen LogP contribution in [0.4, 0.5) is 5.69 Å². The predicted octanol–water partition coefficient (Wildman–Crippen LogP) is 9.85. The molecule has 0 radical (unpaired) electrons. The summed E-state index contributed by atoms with van der Waals surface area (Å²) in [6.07, 6.45) is 1.43. The lowest BCUT2D eigenvalue weighted by Gasteiger charge is -2.24. The molecular formula is C39H31N3. The number of anilines is 1. The summed E-state index contributed by atoms with van der Waals surface area (Å²) in [5, 5.41) is 16.9. The minimum atomic E-state index is -0.108. The zero-order valence-corrected chi connectivity index (χ0v) is 23.8. The van der Waals surface area contributed by atoms with E-state index in [0.29, 0.717) is 6.54 Å². The van der Waals surface area contributed by atoms with Gasteiger partial charge in [-0.25, -0.2) is 0 Å². The van der Waals surface area contributed by atoms with Crippen LogP contribution in [-0.2, 0) is 12.0 Å². The highest BCUT2D eigenvalue weighted by atomic mass is 15.0. The molecule has 0 spiro atoms. The summed E-state index contributed by atoms with van der Waals surface area (Å²) in [6.45, 7) is 5.44. The second kappa shape index (κ2) is 9.19. The molecule has 0 saturated heterocycles. The van der Waals surface area contributed by atoms with Crippen molar-refractivity contribution in [2.45, 2.75) is 25.8 Å². The smallest absolute Gasteiger partial charge is 0.0625 e. The maximum Gasteiger partial charge on any atom is 0.0625 e. The van der Waals surface area contributed by atoms with E-state index in [4.69, 9.17) is 5.41 Å². The SMILES string of the molecule is CC1(C)c2ccccc2-c2c1c1ccccc1c1c2c2ccccc2n1-c1ccc(C=N)c(NCc2ccccc2)c1. The lowest BCUT2D eigenvalue weighted by atomic mass is 9.79. The Morgan fingerprint density at radius 3 is 2.24 bits per heavy atom. The van der Waals surface area contributed by atoms with Crippen molar-refractivity contribution in [3.63, 3.8) is 0 Å². The number of para-hydroxylation sites is 1. The van der Waals surface area contributed by atoms with Gasteiger partial charge in [-0.15, -0.1) is 0 Å². The highest BCUT2D eigenvalue weighted by molar-refractivity contribution is 6.26. The van der Waals surface area contributed by atoms with Crippen LogP contribution < -0.4 is 5.32 Å². The first kappa shape index (κ1) is 24.6. The zero-order chi connectivity index (χ0) is 28.4. The Bertz CT molecular complexity index is 2180. The van der Waals surface area contributed by atoms with Gasteiger partial charge in [0.1, 0.15) is 0 Å². The van der Waals surface area contributed by atoms with Crippen molar-refractivity contribution in [2.75, 3.05) is 5.32 Å². The molecule has 0 atom stereocenters. The fourth-order valence-electron chi connectivity index (χ4n) is 7.24. The molecule has 0 unspecified atom stereocenters. The van der Waals surface area contributed by atoms with Gasteiger partial charge in [0.25, 0.3) is 0 Å². The van der Waals surface area contributed by atoms with E-state index in [1.165, 1.54) is 66.6 Å². The molecule has 3 heteroatoms. The maximum absolute atomic E-state index is 8.10. The monoisotopic (exact) mass is 541 g/mol. The Hall–Kier alpha value is -5.15. The number of hydrogen-bond donors (Lipinski definition) is 2. The Kier molecular flexibility index (Phi) is 5.39. The molecule has 1 aromatic heterocycles. The van der Waals surface area contributed by atoms with Gasteiger partial charge in [0.2, 0.25) is 0 Å². The molecule has 0 bridgehead atoms. The van der Waals surface area contributed by atoms with E-state index in [0.717, 1.165) is 16.9 Å². The number of nitrogens with one attached hydrogen (secondary N) is 2. The molecule has 1 aliphatic carbocycles. The van der Waals surface area contributed by atoms with Crippen LogP contribution >= 0.6 is 0 Å². The number of nitrogens with zero attached hydrogens (tertiary/aromatic N) is 1. The van der Waals surface area contributed by atoms with Crippen LogP contribution in [0.3, 0.4) is 0 Å². The lowest BCUT2D eigenvalue weighted by molar-refractivity contribution is 0.666. The number of rotatable bonds is 5. The average molecular weight is 542 g/mol. The van der Waals surface area contributed by atoms with Crippen LogP contribution in [0.15, 0.2) is 121 Å². The van der Waals surface area contributed by atoms with Crippen molar-refractivity contribution >= 4 is 44.5 Å². The molecule has 202 valence electrons. The third-order valence-corrected chi connectivity index (χ3v) is 9.10. The van der Waals surface area contributed by atoms with Crippen molar-refractivity contribution in [3.05, 3.63) is 144 Å². The second-order valence-corrected chi connectivity index (χ2v) is 11.8. The number of benzene rings is 6. The fourth-order valence-corrected chi connectivity index (χ4v) is 7.24. The van der Waals surface area contributed by atoms with Gasteiger partial charge < -0.3 is 15.3 Å². The Morgan fingerprint density at radius 2 is 1.43 bits per heavy atom. The van der Waals surface area contributed by atoms with Crippen LogP contribution in [0.2, 0.25) is 0 Å². The van der Waals surface area contributed by atoms with E-state index >= 15 is 0 Å². The van der Waals surface area contributed by atoms with E-state index in [-0.39, 0.29) is 5.41 Å². The standard InChI is InChI=1S/C39H31N3/c1-39(2)32-18-10-8-16-30(32)35-36-31-17-9-11-19-34(31)42(38(36)29-15-7-6-14-28(29)37(35)39)27-21-20-26(23-40)33(22-27)41-24-25-12-4-3-5-13-25/h3-23,40-41H,24H2,1-2H3. The maximum atomic E-state index is 8.10. The molecular weight excluding hydrogens is 510 g/mol. The summed E-state index contributed by atoms with van der Waals surface area (Å²) in [5.41, 5.74) is 11.9. The largest absolute Gasteiger partial charge is 0.380 e. The van der Waals surface area contributed by atoms with Gasteiger partial charge in [-0.2, -0.15) is 0 Å². The van der Waals surface area contributed by atoms with Gasteiger partial charge in [-0.3, -0.25) is 0 Å². The van der Waals surface area contributed by atoms with Crippen molar-refractivity contribution in [1.82, 2.24) is 4.57 Å². The van der Waals surface area contributed by atoms with E-state index in [2.05, 4.69) is 139 Å². The van der Waals surface area contributed by atoms with Gasteiger partial charge in [0, 0.05) is 51.3 Å². The molecule has 42 heavy (non-hydrogen) atoms. The van der Waals surface area contributed by atoms with Crippen molar-refractivity contribution in [2.24, 2.45) is 0 Å². The summed E-state index contributed by atoms with van der Waals surface area (Å²) < 4.78 is 2.43. The van der Waals surface area contributed by atoms with Crippen LogP contribution in [0.1, 0.15) is 36.1 Å². The molecule has 2 N–H and O–H groups in total. The topological polar surface area (TPSA) is 40.8 Å². The third-order valence-electron chi connectivity index (χ3n) is 9.10. The fraction of sp³-hybridized carbons (Fsp3) is 0.103. The Morgan fingerprint density at radius 1 is 0.738 bits per heavy atom.